The second-order valence-corrected chi connectivity index (χ2v) is 6.27. The van der Waals surface area contributed by atoms with Gasteiger partial charge in [-0.15, -0.1) is 0 Å². The fourth-order valence-electron chi connectivity index (χ4n) is 2.31. The third kappa shape index (κ3) is 4.54. The molecule has 0 bridgehead atoms. The van der Waals surface area contributed by atoms with E-state index in [1.165, 1.54) is 11.1 Å². The summed E-state index contributed by atoms with van der Waals surface area (Å²) < 4.78 is 5.76. The number of ether oxygens (including phenoxy) is 1. The number of benzene rings is 1. The lowest BCUT2D eigenvalue weighted by atomic mass is 9.83. The van der Waals surface area contributed by atoms with E-state index in [9.17, 15) is 0 Å². The zero-order valence-electron chi connectivity index (χ0n) is 13.1. The molecule has 1 aromatic carbocycles. The van der Waals surface area contributed by atoms with Gasteiger partial charge in [-0.1, -0.05) is 39.8 Å². The molecule has 2 N–H and O–H groups in total. The summed E-state index contributed by atoms with van der Waals surface area (Å²) in [6.45, 7) is 12.5. The van der Waals surface area contributed by atoms with Gasteiger partial charge in [-0.2, -0.15) is 0 Å². The van der Waals surface area contributed by atoms with E-state index >= 15 is 0 Å². The SMILES string of the molecule is CCOc1ccc(C(C)CCCN)cc1C(C)(C)C. The minimum Gasteiger partial charge on any atom is -0.494 e. The molecule has 2 nitrogen and oxygen atoms in total. The van der Waals surface area contributed by atoms with E-state index in [0.29, 0.717) is 12.5 Å². The van der Waals surface area contributed by atoms with Crippen LogP contribution < -0.4 is 10.5 Å². The molecule has 19 heavy (non-hydrogen) atoms. The van der Waals surface area contributed by atoms with Gasteiger partial charge in [0.05, 0.1) is 6.61 Å². The second kappa shape index (κ2) is 6.95. The van der Waals surface area contributed by atoms with Crippen LogP contribution in [0.2, 0.25) is 0 Å². The Balaban J connectivity index is 3.04. The Hall–Kier alpha value is -1.02. The van der Waals surface area contributed by atoms with Crippen LogP contribution in [-0.4, -0.2) is 13.2 Å². The molecule has 1 rings (SSSR count). The van der Waals surface area contributed by atoms with Crippen molar-refractivity contribution in [3.05, 3.63) is 29.3 Å². The summed E-state index contributed by atoms with van der Waals surface area (Å²) in [5, 5.41) is 0. The first-order chi connectivity index (χ1) is 8.90. The Morgan fingerprint density at radius 1 is 1.26 bits per heavy atom. The lowest BCUT2D eigenvalue weighted by molar-refractivity contribution is 0.329. The van der Waals surface area contributed by atoms with Crippen molar-refractivity contribution in [1.82, 2.24) is 0 Å². The van der Waals surface area contributed by atoms with E-state index in [0.717, 1.165) is 25.1 Å². The van der Waals surface area contributed by atoms with Crippen LogP contribution in [0.1, 0.15) is 64.5 Å². The van der Waals surface area contributed by atoms with Gasteiger partial charge in [0.15, 0.2) is 0 Å². The van der Waals surface area contributed by atoms with Crippen molar-refractivity contribution in [2.75, 3.05) is 13.2 Å². The molecule has 0 aliphatic rings. The molecule has 1 unspecified atom stereocenters. The fraction of sp³-hybridized carbons (Fsp3) is 0.647. The van der Waals surface area contributed by atoms with Crippen molar-refractivity contribution in [3.63, 3.8) is 0 Å². The Labute approximate surface area is 118 Å². The number of hydrogen-bond donors (Lipinski definition) is 1. The van der Waals surface area contributed by atoms with E-state index in [4.69, 9.17) is 10.5 Å². The van der Waals surface area contributed by atoms with E-state index in [2.05, 4.69) is 45.9 Å². The molecule has 1 aromatic rings. The highest BCUT2D eigenvalue weighted by Crippen LogP contribution is 2.34. The van der Waals surface area contributed by atoms with Gasteiger partial charge >= 0.3 is 0 Å². The third-order valence-electron chi connectivity index (χ3n) is 3.52. The van der Waals surface area contributed by atoms with Gasteiger partial charge in [0.1, 0.15) is 5.75 Å². The number of hydrogen-bond acceptors (Lipinski definition) is 2. The summed E-state index contributed by atoms with van der Waals surface area (Å²) in [6, 6.07) is 6.63. The van der Waals surface area contributed by atoms with Gasteiger partial charge in [0.2, 0.25) is 0 Å². The molecule has 0 aromatic heterocycles. The highest BCUT2D eigenvalue weighted by atomic mass is 16.5. The molecule has 0 saturated carbocycles. The van der Waals surface area contributed by atoms with Crippen LogP contribution >= 0.6 is 0 Å². The topological polar surface area (TPSA) is 35.2 Å². The monoisotopic (exact) mass is 263 g/mol. The normalized spacial score (nSPS) is 13.4. The lowest BCUT2D eigenvalue weighted by Gasteiger charge is -2.24. The van der Waals surface area contributed by atoms with Crippen molar-refractivity contribution >= 4 is 0 Å². The molecule has 0 aliphatic carbocycles. The average Bonchev–Trinajstić information content (AvgIpc) is 2.35. The number of nitrogens with two attached hydrogens (primary N) is 1. The smallest absolute Gasteiger partial charge is 0.123 e. The van der Waals surface area contributed by atoms with Gasteiger partial charge in [-0.3, -0.25) is 0 Å². The maximum atomic E-state index is 5.76. The van der Waals surface area contributed by atoms with Crippen molar-refractivity contribution in [1.29, 1.82) is 0 Å². The zero-order valence-corrected chi connectivity index (χ0v) is 13.1. The summed E-state index contributed by atoms with van der Waals surface area (Å²) in [5.41, 5.74) is 8.39. The van der Waals surface area contributed by atoms with Crippen LogP contribution in [0.4, 0.5) is 0 Å². The van der Waals surface area contributed by atoms with E-state index < -0.39 is 0 Å². The standard InChI is InChI=1S/C17H29NO/c1-6-19-16-10-9-14(13(2)8-7-11-18)12-15(16)17(3,4)5/h9-10,12-13H,6-8,11,18H2,1-5H3. The van der Waals surface area contributed by atoms with Gasteiger partial charge < -0.3 is 10.5 Å². The molecule has 0 fully saturated rings. The third-order valence-corrected chi connectivity index (χ3v) is 3.52. The van der Waals surface area contributed by atoms with Crippen molar-refractivity contribution < 1.29 is 4.74 Å². The highest BCUT2D eigenvalue weighted by Gasteiger charge is 2.20. The maximum Gasteiger partial charge on any atom is 0.123 e. The minimum atomic E-state index is 0.105. The summed E-state index contributed by atoms with van der Waals surface area (Å²) in [7, 11) is 0. The van der Waals surface area contributed by atoms with E-state index in [1.54, 1.807) is 0 Å². The van der Waals surface area contributed by atoms with Crippen LogP contribution in [-0.2, 0) is 5.41 Å². The summed E-state index contributed by atoms with van der Waals surface area (Å²) in [6.07, 6.45) is 2.23. The Kier molecular flexibility index (Phi) is 5.86. The van der Waals surface area contributed by atoms with Crippen molar-refractivity contribution in [2.24, 2.45) is 5.73 Å². The molecule has 0 spiro atoms. The Morgan fingerprint density at radius 3 is 2.47 bits per heavy atom. The van der Waals surface area contributed by atoms with E-state index in [1.807, 2.05) is 6.92 Å². The molecule has 0 radical (unpaired) electrons. The highest BCUT2D eigenvalue weighted by molar-refractivity contribution is 5.42. The van der Waals surface area contributed by atoms with Crippen molar-refractivity contribution in [2.45, 2.75) is 58.8 Å². The minimum absolute atomic E-state index is 0.105. The van der Waals surface area contributed by atoms with E-state index in [-0.39, 0.29) is 5.41 Å². The predicted molar refractivity (Wildman–Crippen MR) is 83.0 cm³/mol. The van der Waals surface area contributed by atoms with Crippen LogP contribution in [0.15, 0.2) is 18.2 Å². The molecular formula is C17H29NO. The molecule has 2 heteroatoms. The summed E-state index contributed by atoms with van der Waals surface area (Å²) >= 11 is 0. The van der Waals surface area contributed by atoms with Crippen LogP contribution in [0.25, 0.3) is 0 Å². The molecule has 0 heterocycles. The van der Waals surface area contributed by atoms with Gasteiger partial charge in [0, 0.05) is 0 Å². The first-order valence-corrected chi connectivity index (χ1v) is 7.37. The van der Waals surface area contributed by atoms with Gasteiger partial charge in [-0.05, 0) is 54.8 Å². The first kappa shape index (κ1) is 16.0. The quantitative estimate of drug-likeness (QED) is 0.833. The second-order valence-electron chi connectivity index (χ2n) is 6.27. The Bertz CT molecular complexity index is 393. The molecule has 0 saturated heterocycles. The van der Waals surface area contributed by atoms with Crippen LogP contribution in [0.3, 0.4) is 0 Å². The fourth-order valence-corrected chi connectivity index (χ4v) is 2.31. The summed E-state index contributed by atoms with van der Waals surface area (Å²) in [5.74, 6) is 1.57. The van der Waals surface area contributed by atoms with Crippen LogP contribution in [0.5, 0.6) is 5.75 Å². The lowest BCUT2D eigenvalue weighted by Crippen LogP contribution is -2.14. The molecular weight excluding hydrogens is 234 g/mol. The van der Waals surface area contributed by atoms with Crippen molar-refractivity contribution in [3.8, 4) is 5.75 Å². The molecule has 1 atom stereocenters. The van der Waals surface area contributed by atoms with Gasteiger partial charge in [-0.25, -0.2) is 0 Å². The number of rotatable bonds is 6. The molecule has 108 valence electrons. The average molecular weight is 263 g/mol. The molecule has 0 aliphatic heterocycles. The predicted octanol–water partition coefficient (Wildman–Crippen LogP) is 4.23. The summed E-state index contributed by atoms with van der Waals surface area (Å²) in [4.78, 5) is 0. The maximum absolute atomic E-state index is 5.76. The molecule has 0 amide bonds. The largest absolute Gasteiger partial charge is 0.494 e. The zero-order chi connectivity index (χ0) is 14.5. The first-order valence-electron chi connectivity index (χ1n) is 7.37. The van der Waals surface area contributed by atoms with Gasteiger partial charge in [0.25, 0.3) is 0 Å². The van der Waals surface area contributed by atoms with Crippen LogP contribution in [0, 0.1) is 0 Å². The Morgan fingerprint density at radius 2 is 1.95 bits per heavy atom.